The monoisotopic (exact) mass is 903 g/mol. The number of nitrogens with one attached hydrogen (secondary N) is 2. The topological polar surface area (TPSA) is 197 Å². The van der Waals surface area contributed by atoms with E-state index in [4.69, 9.17) is 31.8 Å². The maximum atomic E-state index is 16.5. The fourth-order valence-corrected chi connectivity index (χ4v) is 9.94. The van der Waals surface area contributed by atoms with E-state index in [1.165, 1.54) is 17.0 Å². The molecular formula is C45H52ClF2N9O7. The summed E-state index contributed by atoms with van der Waals surface area (Å²) < 4.78 is 46.2. The fraction of sp³-hybridized carbons (Fsp3) is 0.511. The highest BCUT2D eigenvalue weighted by Crippen LogP contribution is 2.44. The van der Waals surface area contributed by atoms with E-state index in [9.17, 15) is 24.3 Å². The van der Waals surface area contributed by atoms with Gasteiger partial charge in [0.1, 0.15) is 35.4 Å². The normalized spacial score (nSPS) is 23.3. The van der Waals surface area contributed by atoms with Crippen LogP contribution in [0.1, 0.15) is 92.7 Å². The molecule has 3 saturated heterocycles. The second-order valence-corrected chi connectivity index (χ2v) is 18.3. The van der Waals surface area contributed by atoms with Crippen molar-refractivity contribution in [1.29, 1.82) is 0 Å². The van der Waals surface area contributed by atoms with Gasteiger partial charge in [0, 0.05) is 72.4 Å². The Bertz CT molecular complexity index is 2540. The molecule has 64 heavy (non-hydrogen) atoms. The van der Waals surface area contributed by atoms with Crippen molar-refractivity contribution in [1.82, 2.24) is 29.7 Å². The van der Waals surface area contributed by atoms with E-state index in [2.05, 4.69) is 25.4 Å². The van der Waals surface area contributed by atoms with Crippen molar-refractivity contribution < 1.29 is 37.7 Å². The SMILES string of the molecule is CC(C)n1c(=O)c(OCC(N)O)cc2cc(Nc3nc(N4CCC(OC5CC(N6CCC(F)(c7ccc8c(c7F)CN(C7CCC(=O)NC7=O)C8=O)CC6)C5)CC4)ncc3Cl)ccc21. The first-order valence-electron chi connectivity index (χ1n) is 22.0. The van der Waals surface area contributed by atoms with E-state index in [0.717, 1.165) is 31.1 Å². The van der Waals surface area contributed by atoms with Crippen molar-refractivity contribution in [2.75, 3.05) is 43.0 Å². The molecule has 340 valence electrons. The molecular weight excluding hydrogens is 852 g/mol. The van der Waals surface area contributed by atoms with Crippen molar-refractivity contribution in [2.24, 2.45) is 5.73 Å². The molecule has 2 atom stereocenters. The quantitative estimate of drug-likeness (QED) is 0.112. The summed E-state index contributed by atoms with van der Waals surface area (Å²) in [6.45, 7) is 5.78. The Balaban J connectivity index is 0.755. The Hall–Kier alpha value is -5.27. The maximum Gasteiger partial charge on any atom is 0.293 e. The number of likely N-dealkylation sites (tertiary alicyclic amines) is 1. The van der Waals surface area contributed by atoms with Crippen LogP contribution in [-0.4, -0.2) is 110 Å². The van der Waals surface area contributed by atoms with Crippen LogP contribution in [0, 0.1) is 5.82 Å². The molecule has 0 bridgehead atoms. The molecule has 9 rings (SSSR count). The third kappa shape index (κ3) is 8.53. The predicted molar refractivity (Wildman–Crippen MR) is 234 cm³/mol. The molecule has 1 aliphatic carbocycles. The smallest absolute Gasteiger partial charge is 0.293 e. The first-order valence-corrected chi connectivity index (χ1v) is 22.4. The summed E-state index contributed by atoms with van der Waals surface area (Å²) in [5.41, 5.74) is 4.84. The summed E-state index contributed by atoms with van der Waals surface area (Å²) in [5, 5.41) is 16.1. The third-order valence-corrected chi connectivity index (χ3v) is 13.6. The Morgan fingerprint density at radius 2 is 1.78 bits per heavy atom. The summed E-state index contributed by atoms with van der Waals surface area (Å²) in [4.78, 5) is 65.3. The third-order valence-electron chi connectivity index (χ3n) is 13.3. The average molecular weight is 904 g/mol. The van der Waals surface area contributed by atoms with Gasteiger partial charge in [-0.3, -0.25) is 29.4 Å². The summed E-state index contributed by atoms with van der Waals surface area (Å²) in [6.07, 6.45) is 4.31. The number of imide groups is 1. The number of pyridine rings is 1. The number of aliphatic hydroxyl groups excluding tert-OH is 1. The molecule has 2 aromatic heterocycles. The molecule has 0 radical (unpaired) electrons. The number of anilines is 3. The number of aliphatic hydroxyl groups is 1. The number of ether oxygens (including phenoxy) is 2. The molecule has 4 aromatic rings. The summed E-state index contributed by atoms with van der Waals surface area (Å²) in [5.74, 6) is -1.14. The van der Waals surface area contributed by atoms with Crippen LogP contribution in [0.5, 0.6) is 5.75 Å². The number of alkyl halides is 1. The summed E-state index contributed by atoms with van der Waals surface area (Å²) >= 11 is 6.57. The number of fused-ring (bicyclic) bond motifs is 2. The second-order valence-electron chi connectivity index (χ2n) is 17.8. The summed E-state index contributed by atoms with van der Waals surface area (Å²) in [7, 11) is 0. The van der Waals surface area contributed by atoms with Crippen molar-refractivity contribution in [2.45, 2.75) is 114 Å². The molecule has 2 aromatic carbocycles. The van der Waals surface area contributed by atoms with Gasteiger partial charge in [-0.15, -0.1) is 0 Å². The van der Waals surface area contributed by atoms with Crippen LogP contribution >= 0.6 is 11.6 Å². The molecule has 5 aliphatic rings. The van der Waals surface area contributed by atoms with Crippen LogP contribution in [0.15, 0.2) is 47.4 Å². The number of aromatic nitrogens is 3. The lowest BCUT2D eigenvalue weighted by molar-refractivity contribution is -0.136. The van der Waals surface area contributed by atoms with Gasteiger partial charge >= 0.3 is 0 Å². The van der Waals surface area contributed by atoms with Gasteiger partial charge in [0.2, 0.25) is 17.8 Å². The van der Waals surface area contributed by atoms with Crippen molar-refractivity contribution in [3.63, 3.8) is 0 Å². The first kappa shape index (κ1) is 44.0. The number of amides is 3. The zero-order chi connectivity index (χ0) is 45.0. The van der Waals surface area contributed by atoms with Crippen molar-refractivity contribution >= 4 is 57.7 Å². The van der Waals surface area contributed by atoms with Gasteiger partial charge < -0.3 is 40.0 Å². The van der Waals surface area contributed by atoms with Crippen LogP contribution in [0.3, 0.4) is 0 Å². The number of halogens is 3. The molecule has 3 amide bonds. The standard InChI is InChI=1S/C45H52ClF2N9O7/c1-24(2)57-34-6-3-26(17-25(34)18-36(43(57)62)63-23-37(49)58)51-40-33(46)21-50-44(53-40)55-13-9-28(10-14-55)64-29-19-27(20-29)54-15-11-45(48,12-16-54)32-5-4-30-31(39(32)47)22-56(42(30)61)35-7-8-38(59)52-41(35)60/h3-6,17-18,21,24,27-29,35,37,58H,7-16,19-20,22-23,49H2,1-2H3,(H,50,51,53)(H,52,59,60). The van der Waals surface area contributed by atoms with E-state index >= 15 is 8.78 Å². The van der Waals surface area contributed by atoms with Crippen LogP contribution in [0.25, 0.3) is 10.9 Å². The van der Waals surface area contributed by atoms with Crippen LogP contribution < -0.4 is 31.6 Å². The zero-order valence-electron chi connectivity index (χ0n) is 35.7. The largest absolute Gasteiger partial charge is 0.484 e. The van der Waals surface area contributed by atoms with Crippen molar-refractivity contribution in [3.8, 4) is 5.75 Å². The van der Waals surface area contributed by atoms with E-state index in [1.54, 1.807) is 16.8 Å². The molecule has 1 saturated carbocycles. The molecule has 19 heteroatoms. The molecule has 2 unspecified atom stereocenters. The van der Waals surface area contributed by atoms with E-state index in [-0.39, 0.29) is 91.1 Å². The number of hydrogen-bond donors (Lipinski definition) is 4. The number of nitrogens with two attached hydrogens (primary N) is 1. The Labute approximate surface area is 373 Å². The number of piperidine rings is 3. The molecule has 0 spiro atoms. The molecule has 5 N–H and O–H groups in total. The number of hydrogen-bond acceptors (Lipinski definition) is 13. The number of rotatable bonds is 12. The number of benzene rings is 2. The Morgan fingerprint density at radius 1 is 1.03 bits per heavy atom. The second kappa shape index (κ2) is 17.6. The molecule has 4 fully saturated rings. The summed E-state index contributed by atoms with van der Waals surface area (Å²) in [6, 6.07) is 9.28. The average Bonchev–Trinajstić information content (AvgIpc) is 3.58. The fourth-order valence-electron chi connectivity index (χ4n) is 9.80. The molecule has 6 heterocycles. The number of carbonyl (C=O) groups excluding carboxylic acids is 3. The highest BCUT2D eigenvalue weighted by Gasteiger charge is 2.46. The Morgan fingerprint density at radius 3 is 2.48 bits per heavy atom. The van der Waals surface area contributed by atoms with E-state index < -0.39 is 41.5 Å². The van der Waals surface area contributed by atoms with Gasteiger partial charge in [-0.05, 0) is 89.1 Å². The van der Waals surface area contributed by atoms with Gasteiger partial charge in [-0.25, -0.2) is 13.8 Å². The van der Waals surface area contributed by atoms with Crippen LogP contribution in [0.2, 0.25) is 5.02 Å². The lowest BCUT2D eigenvalue weighted by Gasteiger charge is -2.48. The predicted octanol–water partition coefficient (Wildman–Crippen LogP) is 4.80. The van der Waals surface area contributed by atoms with Crippen LogP contribution in [-0.2, 0) is 26.5 Å². The number of nitrogens with zero attached hydrogens (tertiary/aromatic N) is 6. The van der Waals surface area contributed by atoms with Gasteiger partial charge in [0.05, 0.1) is 30.5 Å². The zero-order valence-corrected chi connectivity index (χ0v) is 36.5. The lowest BCUT2D eigenvalue weighted by atomic mass is 9.81. The minimum Gasteiger partial charge on any atom is -0.484 e. The highest BCUT2D eigenvalue weighted by atomic mass is 35.5. The van der Waals surface area contributed by atoms with Crippen molar-refractivity contribution in [3.05, 3.63) is 80.5 Å². The van der Waals surface area contributed by atoms with E-state index in [0.29, 0.717) is 54.2 Å². The van der Waals surface area contributed by atoms with Gasteiger partial charge in [0.25, 0.3) is 11.5 Å². The minimum absolute atomic E-state index is 0.0428. The van der Waals surface area contributed by atoms with E-state index in [1.807, 2.05) is 32.0 Å². The lowest BCUT2D eigenvalue weighted by Crippen LogP contribution is -2.53. The van der Waals surface area contributed by atoms with Crippen LogP contribution in [0.4, 0.5) is 26.2 Å². The Kier molecular flexibility index (Phi) is 12.1. The van der Waals surface area contributed by atoms with Gasteiger partial charge in [0.15, 0.2) is 11.6 Å². The van der Waals surface area contributed by atoms with Gasteiger partial charge in [-0.1, -0.05) is 17.7 Å². The maximum absolute atomic E-state index is 16.5. The molecule has 16 nitrogen and oxygen atoms in total. The minimum atomic E-state index is -1.88. The van der Waals surface area contributed by atoms with Gasteiger partial charge in [-0.2, -0.15) is 4.98 Å². The first-order chi connectivity index (χ1) is 30.6. The number of carbonyl (C=O) groups is 3. The molecule has 4 aliphatic heterocycles. The highest BCUT2D eigenvalue weighted by molar-refractivity contribution is 6.33.